The third-order valence-electron chi connectivity index (χ3n) is 1.90. The molecule has 4 nitrogen and oxygen atoms in total. The number of rotatable bonds is 4. The summed E-state index contributed by atoms with van der Waals surface area (Å²) in [4.78, 5) is 3.36. The number of hydrogen-bond donors (Lipinski definition) is 0. The highest BCUT2D eigenvalue weighted by Crippen LogP contribution is 2.29. The number of benzene rings is 1. The van der Waals surface area contributed by atoms with Crippen LogP contribution in [-0.4, -0.2) is 13.4 Å². The van der Waals surface area contributed by atoms with E-state index in [0.717, 1.165) is 4.90 Å². The van der Waals surface area contributed by atoms with Gasteiger partial charge < -0.3 is 4.74 Å². The highest BCUT2D eigenvalue weighted by atomic mass is 32.2. The lowest BCUT2D eigenvalue weighted by atomic mass is 10.2. The topological polar surface area (TPSA) is 58.0 Å². The van der Waals surface area contributed by atoms with Crippen molar-refractivity contribution in [3.05, 3.63) is 34.0 Å². The van der Waals surface area contributed by atoms with Gasteiger partial charge >= 0.3 is 0 Å². The normalized spacial score (nSPS) is 9.53. The molecular formula is C9H10FN3OS. The highest BCUT2D eigenvalue weighted by Gasteiger charge is 2.12. The number of azide groups is 1. The quantitative estimate of drug-likeness (QED) is 0.342. The molecule has 0 aliphatic heterocycles. The lowest BCUT2D eigenvalue weighted by Crippen LogP contribution is -1.96. The number of methoxy groups -OCH3 is 1. The maximum absolute atomic E-state index is 13.7. The van der Waals surface area contributed by atoms with Crippen LogP contribution in [0.5, 0.6) is 5.75 Å². The molecule has 0 saturated carbocycles. The van der Waals surface area contributed by atoms with Gasteiger partial charge in [-0.25, -0.2) is 4.39 Å². The van der Waals surface area contributed by atoms with Crippen LogP contribution in [0.25, 0.3) is 10.4 Å². The molecule has 1 rings (SSSR count). The highest BCUT2D eigenvalue weighted by molar-refractivity contribution is 7.98. The Morgan fingerprint density at radius 1 is 1.60 bits per heavy atom. The van der Waals surface area contributed by atoms with Crippen LogP contribution in [0.2, 0.25) is 0 Å². The minimum Gasteiger partial charge on any atom is -0.494 e. The van der Waals surface area contributed by atoms with Gasteiger partial charge in [0, 0.05) is 15.4 Å². The fraction of sp³-hybridized carbons (Fsp3) is 0.333. The van der Waals surface area contributed by atoms with Crippen LogP contribution in [0.3, 0.4) is 0 Å². The van der Waals surface area contributed by atoms with Crippen molar-refractivity contribution < 1.29 is 9.13 Å². The predicted octanol–water partition coefficient (Wildman–Crippen LogP) is 3.37. The van der Waals surface area contributed by atoms with E-state index in [1.54, 1.807) is 12.1 Å². The fourth-order valence-electron chi connectivity index (χ4n) is 1.18. The van der Waals surface area contributed by atoms with Gasteiger partial charge in [0.15, 0.2) is 11.6 Å². The predicted molar refractivity (Wildman–Crippen MR) is 57.6 cm³/mol. The molecule has 1 aromatic carbocycles. The fourth-order valence-corrected chi connectivity index (χ4v) is 1.79. The van der Waals surface area contributed by atoms with E-state index in [2.05, 4.69) is 10.0 Å². The molecule has 0 N–H and O–H groups in total. The van der Waals surface area contributed by atoms with Crippen LogP contribution in [0, 0.1) is 5.82 Å². The first-order chi connectivity index (χ1) is 7.24. The molecule has 0 bridgehead atoms. The number of ether oxygens (including phenoxy) is 1. The second-order valence-corrected chi connectivity index (χ2v) is 3.50. The average Bonchev–Trinajstić information content (AvgIpc) is 2.27. The molecule has 0 fully saturated rings. The Kier molecular flexibility index (Phi) is 4.27. The number of hydrogen-bond acceptors (Lipinski definition) is 3. The molecule has 6 heteroatoms. The zero-order valence-corrected chi connectivity index (χ0v) is 9.21. The molecule has 0 atom stereocenters. The van der Waals surface area contributed by atoms with Crippen LogP contribution in [-0.2, 0) is 6.54 Å². The van der Waals surface area contributed by atoms with Crippen molar-refractivity contribution in [2.75, 3.05) is 13.4 Å². The van der Waals surface area contributed by atoms with Gasteiger partial charge in [0.2, 0.25) is 0 Å². The van der Waals surface area contributed by atoms with E-state index >= 15 is 0 Å². The smallest absolute Gasteiger partial charge is 0.169 e. The Labute approximate surface area is 91.1 Å². The van der Waals surface area contributed by atoms with Crippen LogP contribution < -0.4 is 4.74 Å². The van der Waals surface area contributed by atoms with Gasteiger partial charge in [-0.3, -0.25) is 0 Å². The Balaban J connectivity index is 3.21. The molecule has 80 valence electrons. The minimum absolute atomic E-state index is 0.00426. The van der Waals surface area contributed by atoms with Crippen molar-refractivity contribution in [2.45, 2.75) is 11.4 Å². The summed E-state index contributed by atoms with van der Waals surface area (Å²) in [5.41, 5.74) is 8.58. The maximum Gasteiger partial charge on any atom is 0.169 e. The lowest BCUT2D eigenvalue weighted by Gasteiger charge is -2.09. The Bertz CT molecular complexity index is 405. The second-order valence-electron chi connectivity index (χ2n) is 2.65. The summed E-state index contributed by atoms with van der Waals surface area (Å²) in [5.74, 6) is -0.298. The summed E-state index contributed by atoms with van der Waals surface area (Å²) in [6, 6.07) is 3.30. The zero-order valence-electron chi connectivity index (χ0n) is 8.40. The van der Waals surface area contributed by atoms with Crippen molar-refractivity contribution in [1.29, 1.82) is 0 Å². The molecule has 1 aromatic rings. The van der Waals surface area contributed by atoms with Crippen LogP contribution >= 0.6 is 11.8 Å². The first kappa shape index (κ1) is 11.7. The SMILES string of the molecule is COc1ccc(SC)c(CN=[N+]=[N-])c1F. The summed E-state index contributed by atoms with van der Waals surface area (Å²) in [6.07, 6.45) is 1.83. The van der Waals surface area contributed by atoms with E-state index in [0.29, 0.717) is 5.56 Å². The van der Waals surface area contributed by atoms with Crippen molar-refractivity contribution in [1.82, 2.24) is 0 Å². The number of halogens is 1. The second kappa shape index (κ2) is 5.48. The first-order valence-corrected chi connectivity index (χ1v) is 5.37. The monoisotopic (exact) mass is 227 g/mol. The summed E-state index contributed by atoms with van der Waals surface area (Å²) < 4.78 is 18.6. The lowest BCUT2D eigenvalue weighted by molar-refractivity contribution is 0.383. The molecular weight excluding hydrogens is 217 g/mol. The van der Waals surface area contributed by atoms with Gasteiger partial charge in [-0.2, -0.15) is 0 Å². The molecule has 0 spiro atoms. The van der Waals surface area contributed by atoms with E-state index in [-0.39, 0.29) is 12.3 Å². The average molecular weight is 227 g/mol. The van der Waals surface area contributed by atoms with Crippen molar-refractivity contribution in [3.8, 4) is 5.75 Å². The number of thioether (sulfide) groups is 1. The van der Waals surface area contributed by atoms with Gasteiger partial charge in [-0.1, -0.05) is 5.11 Å². The Morgan fingerprint density at radius 3 is 2.87 bits per heavy atom. The molecule has 15 heavy (non-hydrogen) atoms. The largest absolute Gasteiger partial charge is 0.494 e. The molecule has 0 aliphatic carbocycles. The summed E-state index contributed by atoms with van der Waals surface area (Å²) in [6.45, 7) is -0.00426. The molecule has 0 saturated heterocycles. The van der Waals surface area contributed by atoms with E-state index in [1.165, 1.54) is 18.9 Å². The van der Waals surface area contributed by atoms with Gasteiger partial charge in [0.05, 0.1) is 13.7 Å². The van der Waals surface area contributed by atoms with Gasteiger partial charge in [-0.15, -0.1) is 11.8 Å². The van der Waals surface area contributed by atoms with Crippen LogP contribution in [0.15, 0.2) is 22.1 Å². The van der Waals surface area contributed by atoms with E-state index in [1.807, 2.05) is 6.26 Å². The molecule has 0 unspecified atom stereocenters. The Hall–Kier alpha value is -1.39. The maximum atomic E-state index is 13.7. The standard InChI is InChI=1S/C9H10FN3OS/c1-14-7-3-4-8(15-2)6(9(7)10)5-12-13-11/h3-4H,5H2,1-2H3. The van der Waals surface area contributed by atoms with Crippen molar-refractivity contribution in [3.63, 3.8) is 0 Å². The van der Waals surface area contributed by atoms with E-state index in [4.69, 9.17) is 10.3 Å². The van der Waals surface area contributed by atoms with Crippen molar-refractivity contribution >= 4 is 11.8 Å². The van der Waals surface area contributed by atoms with Gasteiger partial charge in [0.1, 0.15) is 0 Å². The third-order valence-corrected chi connectivity index (χ3v) is 2.72. The third kappa shape index (κ3) is 2.55. The molecule has 0 aromatic heterocycles. The summed E-state index contributed by atoms with van der Waals surface area (Å²) in [7, 11) is 1.40. The zero-order chi connectivity index (χ0) is 11.3. The van der Waals surface area contributed by atoms with E-state index in [9.17, 15) is 4.39 Å². The Morgan fingerprint density at radius 2 is 2.33 bits per heavy atom. The van der Waals surface area contributed by atoms with Crippen LogP contribution in [0.4, 0.5) is 4.39 Å². The summed E-state index contributed by atoms with van der Waals surface area (Å²) >= 11 is 1.40. The minimum atomic E-state index is -0.461. The van der Waals surface area contributed by atoms with Crippen LogP contribution in [0.1, 0.15) is 5.56 Å². The number of nitrogens with zero attached hydrogens (tertiary/aromatic N) is 3. The molecule has 0 radical (unpaired) electrons. The first-order valence-electron chi connectivity index (χ1n) is 4.14. The van der Waals surface area contributed by atoms with Gasteiger partial charge in [0.25, 0.3) is 0 Å². The molecule has 0 aliphatic rings. The summed E-state index contributed by atoms with van der Waals surface area (Å²) in [5, 5.41) is 3.36. The van der Waals surface area contributed by atoms with E-state index < -0.39 is 5.82 Å². The van der Waals surface area contributed by atoms with Gasteiger partial charge in [-0.05, 0) is 23.9 Å². The van der Waals surface area contributed by atoms with Crippen molar-refractivity contribution in [2.24, 2.45) is 5.11 Å². The molecule has 0 amide bonds. The molecule has 0 heterocycles.